The Labute approximate surface area is 121 Å². The van der Waals surface area contributed by atoms with Crippen LogP contribution >= 0.6 is 0 Å². The number of carbonyl (C=O) groups excluding carboxylic acids is 1. The lowest BCUT2D eigenvalue weighted by Crippen LogP contribution is -2.17. The molecule has 0 fully saturated rings. The number of esters is 1. The summed E-state index contributed by atoms with van der Waals surface area (Å²) in [4.78, 5) is 21.9. The van der Waals surface area contributed by atoms with Gasteiger partial charge in [0.25, 0.3) is 5.69 Å². The van der Waals surface area contributed by atoms with E-state index in [1.807, 2.05) is 30.3 Å². The van der Waals surface area contributed by atoms with Crippen LogP contribution in [-0.4, -0.2) is 17.4 Å². The molecule has 2 rings (SSSR count). The summed E-state index contributed by atoms with van der Waals surface area (Å²) >= 11 is 0. The Kier molecular flexibility index (Phi) is 4.87. The largest absolute Gasteiger partial charge is 0.460 e. The molecule has 0 spiro atoms. The van der Waals surface area contributed by atoms with Gasteiger partial charge < -0.3 is 10.1 Å². The van der Waals surface area contributed by atoms with Crippen molar-refractivity contribution in [2.24, 2.45) is 0 Å². The lowest BCUT2D eigenvalue weighted by molar-refractivity contribution is -0.383. The van der Waals surface area contributed by atoms with Crippen LogP contribution in [0.1, 0.15) is 5.56 Å². The maximum atomic E-state index is 11.6. The Morgan fingerprint density at radius 3 is 2.48 bits per heavy atom. The fourth-order valence-electron chi connectivity index (χ4n) is 1.74. The van der Waals surface area contributed by atoms with Crippen molar-refractivity contribution in [2.45, 2.75) is 6.61 Å². The Balaban J connectivity index is 1.86. The molecule has 6 nitrogen and oxygen atoms in total. The molecule has 0 aromatic heterocycles. The predicted molar refractivity (Wildman–Crippen MR) is 77.8 cm³/mol. The Hall–Kier alpha value is -2.89. The highest BCUT2D eigenvalue weighted by Crippen LogP contribution is 2.22. The molecule has 21 heavy (non-hydrogen) atoms. The van der Waals surface area contributed by atoms with E-state index in [9.17, 15) is 14.9 Å². The lowest BCUT2D eigenvalue weighted by atomic mass is 10.2. The van der Waals surface area contributed by atoms with Crippen LogP contribution in [0.2, 0.25) is 0 Å². The van der Waals surface area contributed by atoms with Crippen molar-refractivity contribution in [1.82, 2.24) is 0 Å². The standard InChI is InChI=1S/C15H14N2O4/c18-15(21-11-12-6-2-1-3-7-12)10-16-13-8-4-5-9-14(13)17(19)20/h1-9,16H,10-11H2. The summed E-state index contributed by atoms with van der Waals surface area (Å²) in [6.45, 7) is 0.0515. The van der Waals surface area contributed by atoms with Crippen LogP contribution in [0.5, 0.6) is 0 Å². The summed E-state index contributed by atoms with van der Waals surface area (Å²) in [5, 5.41) is 13.5. The first-order valence-corrected chi connectivity index (χ1v) is 6.33. The highest BCUT2D eigenvalue weighted by molar-refractivity contribution is 5.76. The summed E-state index contributed by atoms with van der Waals surface area (Å²) in [7, 11) is 0. The van der Waals surface area contributed by atoms with Gasteiger partial charge in [-0.15, -0.1) is 0 Å². The third-order valence-corrected chi connectivity index (χ3v) is 2.77. The molecule has 0 atom stereocenters. The second kappa shape index (κ2) is 7.04. The zero-order valence-electron chi connectivity index (χ0n) is 11.2. The minimum atomic E-state index is -0.502. The van der Waals surface area contributed by atoms with E-state index in [0.717, 1.165) is 5.56 Å². The number of nitrogens with zero attached hydrogens (tertiary/aromatic N) is 1. The van der Waals surface area contributed by atoms with Gasteiger partial charge in [-0.2, -0.15) is 0 Å². The number of anilines is 1. The van der Waals surface area contributed by atoms with Crippen LogP contribution < -0.4 is 5.32 Å². The van der Waals surface area contributed by atoms with Gasteiger partial charge in [-0.05, 0) is 11.6 Å². The highest BCUT2D eigenvalue weighted by Gasteiger charge is 2.13. The van der Waals surface area contributed by atoms with Crippen molar-refractivity contribution in [1.29, 1.82) is 0 Å². The lowest BCUT2D eigenvalue weighted by Gasteiger charge is -2.07. The van der Waals surface area contributed by atoms with Gasteiger partial charge in [0.2, 0.25) is 0 Å². The van der Waals surface area contributed by atoms with E-state index in [2.05, 4.69) is 5.32 Å². The van der Waals surface area contributed by atoms with E-state index in [-0.39, 0.29) is 18.8 Å². The van der Waals surface area contributed by atoms with Gasteiger partial charge in [0.05, 0.1) is 4.92 Å². The fraction of sp³-hybridized carbons (Fsp3) is 0.133. The molecule has 0 bridgehead atoms. The van der Waals surface area contributed by atoms with E-state index in [1.54, 1.807) is 18.2 Å². The zero-order chi connectivity index (χ0) is 15.1. The molecule has 0 aliphatic rings. The number of carbonyl (C=O) groups is 1. The van der Waals surface area contributed by atoms with Crippen molar-refractivity contribution >= 4 is 17.3 Å². The molecule has 0 aliphatic carbocycles. The van der Waals surface area contributed by atoms with Gasteiger partial charge >= 0.3 is 5.97 Å². The van der Waals surface area contributed by atoms with Gasteiger partial charge in [0.1, 0.15) is 18.8 Å². The number of para-hydroxylation sites is 2. The normalized spacial score (nSPS) is 9.90. The van der Waals surface area contributed by atoms with E-state index in [4.69, 9.17) is 4.74 Å². The van der Waals surface area contributed by atoms with E-state index >= 15 is 0 Å². The van der Waals surface area contributed by atoms with Crippen molar-refractivity contribution in [2.75, 3.05) is 11.9 Å². The third-order valence-electron chi connectivity index (χ3n) is 2.77. The molecule has 0 amide bonds. The van der Waals surface area contributed by atoms with Gasteiger partial charge in [-0.1, -0.05) is 42.5 Å². The summed E-state index contributed by atoms with van der Waals surface area (Å²) in [6.07, 6.45) is 0. The van der Waals surface area contributed by atoms with Crippen LogP contribution in [-0.2, 0) is 16.1 Å². The van der Waals surface area contributed by atoms with Crippen molar-refractivity contribution in [3.05, 3.63) is 70.3 Å². The summed E-state index contributed by atoms with van der Waals surface area (Å²) in [6, 6.07) is 15.4. The van der Waals surface area contributed by atoms with Crippen LogP contribution in [0.3, 0.4) is 0 Å². The van der Waals surface area contributed by atoms with Gasteiger partial charge in [-0.3, -0.25) is 14.9 Å². The van der Waals surface area contributed by atoms with E-state index in [0.29, 0.717) is 5.69 Å². The van der Waals surface area contributed by atoms with Crippen LogP contribution in [0, 0.1) is 10.1 Å². The molecule has 108 valence electrons. The maximum Gasteiger partial charge on any atom is 0.325 e. The minimum Gasteiger partial charge on any atom is -0.460 e. The third kappa shape index (κ3) is 4.31. The topological polar surface area (TPSA) is 81.5 Å². The number of nitro benzene ring substituents is 1. The second-order valence-electron chi connectivity index (χ2n) is 4.27. The quantitative estimate of drug-likeness (QED) is 0.501. The molecule has 0 aliphatic heterocycles. The number of rotatable bonds is 6. The molecule has 0 radical (unpaired) electrons. The van der Waals surface area contributed by atoms with Crippen molar-refractivity contribution in [3.8, 4) is 0 Å². The van der Waals surface area contributed by atoms with Crippen LogP contribution in [0.25, 0.3) is 0 Å². The molecule has 6 heteroatoms. The van der Waals surface area contributed by atoms with Crippen molar-refractivity contribution < 1.29 is 14.5 Å². The average molecular weight is 286 g/mol. The highest BCUT2D eigenvalue weighted by atomic mass is 16.6. The molecular formula is C15H14N2O4. The van der Waals surface area contributed by atoms with Gasteiger partial charge in [0.15, 0.2) is 0 Å². The Morgan fingerprint density at radius 2 is 1.76 bits per heavy atom. The van der Waals surface area contributed by atoms with Crippen LogP contribution in [0.15, 0.2) is 54.6 Å². The molecule has 0 saturated heterocycles. The summed E-state index contributed by atoms with van der Waals surface area (Å²) in [5.41, 5.74) is 1.10. The molecule has 0 saturated carbocycles. The zero-order valence-corrected chi connectivity index (χ0v) is 11.2. The Morgan fingerprint density at radius 1 is 1.10 bits per heavy atom. The molecule has 0 heterocycles. The second-order valence-corrected chi connectivity index (χ2v) is 4.27. The number of hydrogen-bond acceptors (Lipinski definition) is 5. The first-order chi connectivity index (χ1) is 10.2. The first kappa shape index (κ1) is 14.5. The SMILES string of the molecule is O=C(CNc1ccccc1[N+](=O)[O-])OCc1ccccc1. The fourth-order valence-corrected chi connectivity index (χ4v) is 1.74. The summed E-state index contributed by atoms with van der Waals surface area (Å²) in [5.74, 6) is -0.475. The molecular weight excluding hydrogens is 272 g/mol. The predicted octanol–water partition coefficient (Wildman–Crippen LogP) is 2.75. The van der Waals surface area contributed by atoms with E-state index in [1.165, 1.54) is 6.07 Å². The average Bonchev–Trinajstić information content (AvgIpc) is 2.52. The molecule has 1 N–H and O–H groups in total. The van der Waals surface area contributed by atoms with E-state index < -0.39 is 10.9 Å². The molecule has 0 unspecified atom stereocenters. The number of hydrogen-bond donors (Lipinski definition) is 1. The summed E-state index contributed by atoms with van der Waals surface area (Å²) < 4.78 is 5.08. The monoisotopic (exact) mass is 286 g/mol. The van der Waals surface area contributed by atoms with Crippen molar-refractivity contribution in [3.63, 3.8) is 0 Å². The molecule has 2 aromatic rings. The number of nitrogens with one attached hydrogen (secondary N) is 1. The number of nitro groups is 1. The van der Waals surface area contributed by atoms with Gasteiger partial charge in [-0.25, -0.2) is 0 Å². The molecule has 2 aromatic carbocycles. The smallest absolute Gasteiger partial charge is 0.325 e. The Bertz CT molecular complexity index is 629. The first-order valence-electron chi connectivity index (χ1n) is 6.33. The minimum absolute atomic E-state index is 0.0756. The number of benzene rings is 2. The number of ether oxygens (including phenoxy) is 1. The van der Waals surface area contributed by atoms with Gasteiger partial charge in [0, 0.05) is 6.07 Å². The van der Waals surface area contributed by atoms with Crippen LogP contribution in [0.4, 0.5) is 11.4 Å². The maximum absolute atomic E-state index is 11.6.